The number of fused-ring (bicyclic) bond motifs is 1. The molecule has 1 saturated heterocycles. The first kappa shape index (κ1) is 18.4. The van der Waals surface area contributed by atoms with Crippen molar-refractivity contribution in [2.45, 2.75) is 0 Å². The maximum atomic E-state index is 12.2. The lowest BCUT2D eigenvalue weighted by Crippen LogP contribution is -2.36. The van der Waals surface area contributed by atoms with Gasteiger partial charge in [0, 0.05) is 24.5 Å². The Hall–Kier alpha value is -2.97. The highest BCUT2D eigenvalue weighted by atomic mass is 32.1. The van der Waals surface area contributed by atoms with E-state index in [1.54, 1.807) is 23.7 Å². The molecule has 144 valence electrons. The molecule has 0 aliphatic carbocycles. The van der Waals surface area contributed by atoms with Crippen molar-refractivity contribution in [2.75, 3.05) is 43.1 Å². The first-order valence-corrected chi connectivity index (χ1v) is 9.80. The monoisotopic (exact) mass is 397 g/mol. The van der Waals surface area contributed by atoms with E-state index in [0.717, 1.165) is 42.2 Å². The van der Waals surface area contributed by atoms with Crippen molar-refractivity contribution >= 4 is 44.8 Å². The second-order valence-corrected chi connectivity index (χ2v) is 7.19. The molecule has 0 unspecified atom stereocenters. The van der Waals surface area contributed by atoms with Gasteiger partial charge in [-0.1, -0.05) is 0 Å². The van der Waals surface area contributed by atoms with E-state index in [0.29, 0.717) is 11.3 Å². The van der Waals surface area contributed by atoms with Crippen molar-refractivity contribution in [3.63, 3.8) is 0 Å². The normalized spacial score (nSPS) is 14.1. The summed E-state index contributed by atoms with van der Waals surface area (Å²) >= 11 is 1.45. The van der Waals surface area contributed by atoms with Crippen LogP contribution in [0.25, 0.3) is 10.2 Å². The van der Waals surface area contributed by atoms with E-state index in [9.17, 15) is 9.59 Å². The number of morpholine rings is 1. The number of anilines is 2. The van der Waals surface area contributed by atoms with Crippen LogP contribution in [0.2, 0.25) is 0 Å². The fourth-order valence-corrected chi connectivity index (χ4v) is 3.69. The van der Waals surface area contributed by atoms with Crippen molar-refractivity contribution in [2.24, 2.45) is 0 Å². The Bertz CT molecular complexity index is 981. The van der Waals surface area contributed by atoms with E-state index in [-0.39, 0.29) is 12.5 Å². The van der Waals surface area contributed by atoms with Gasteiger partial charge in [0.15, 0.2) is 6.61 Å². The molecule has 3 aromatic rings. The summed E-state index contributed by atoms with van der Waals surface area (Å²) in [5.74, 6) is -0.917. The van der Waals surface area contributed by atoms with Gasteiger partial charge in [-0.25, -0.2) is 9.78 Å². The Morgan fingerprint density at radius 3 is 2.71 bits per heavy atom. The van der Waals surface area contributed by atoms with Gasteiger partial charge >= 0.3 is 5.97 Å². The van der Waals surface area contributed by atoms with Crippen LogP contribution in [-0.2, 0) is 14.3 Å². The summed E-state index contributed by atoms with van der Waals surface area (Å²) in [6.07, 6.45) is 0. The predicted molar refractivity (Wildman–Crippen MR) is 108 cm³/mol. The number of carbonyl (C=O) groups is 2. The topological polar surface area (TPSA) is 80.8 Å². The van der Waals surface area contributed by atoms with E-state index in [4.69, 9.17) is 9.47 Å². The molecule has 0 bridgehead atoms. The molecule has 0 spiro atoms. The second-order valence-electron chi connectivity index (χ2n) is 6.31. The predicted octanol–water partition coefficient (Wildman–Crippen LogP) is 2.93. The minimum absolute atomic E-state index is 0.342. The van der Waals surface area contributed by atoms with Crippen molar-refractivity contribution in [1.82, 2.24) is 4.98 Å². The molecule has 1 aromatic heterocycles. The first-order chi connectivity index (χ1) is 13.7. The Labute approximate surface area is 165 Å². The van der Waals surface area contributed by atoms with Crippen LogP contribution < -0.4 is 10.2 Å². The number of carbonyl (C=O) groups excluding carboxylic acids is 2. The van der Waals surface area contributed by atoms with Crippen LogP contribution in [0.4, 0.5) is 11.4 Å². The molecule has 1 fully saturated rings. The first-order valence-electron chi connectivity index (χ1n) is 8.92. The number of hydrogen-bond acceptors (Lipinski definition) is 7. The van der Waals surface area contributed by atoms with Gasteiger partial charge in [0.2, 0.25) is 0 Å². The van der Waals surface area contributed by atoms with Crippen LogP contribution in [0.5, 0.6) is 0 Å². The van der Waals surface area contributed by atoms with Crippen molar-refractivity contribution in [3.8, 4) is 0 Å². The minimum Gasteiger partial charge on any atom is -0.452 e. The number of nitrogens with one attached hydrogen (secondary N) is 1. The number of ether oxygens (including phenoxy) is 2. The SMILES string of the molecule is O=C(COC(=O)c1ccc2ncsc2c1)Nc1ccc(N2CCOCC2)cc1. The molecule has 1 aliphatic rings. The Morgan fingerprint density at radius 1 is 1.14 bits per heavy atom. The molecule has 0 saturated carbocycles. The van der Waals surface area contributed by atoms with Gasteiger partial charge < -0.3 is 19.7 Å². The Morgan fingerprint density at radius 2 is 1.93 bits per heavy atom. The number of rotatable bonds is 5. The lowest BCUT2D eigenvalue weighted by Gasteiger charge is -2.28. The fraction of sp³-hybridized carbons (Fsp3) is 0.250. The standard InChI is InChI=1S/C20H19N3O4S/c24-19(12-27-20(25)14-1-6-17-18(11-14)28-13-21-17)22-15-2-4-16(5-3-15)23-7-9-26-10-8-23/h1-6,11,13H,7-10,12H2,(H,22,24). The third kappa shape index (κ3) is 4.29. The number of amides is 1. The highest BCUT2D eigenvalue weighted by molar-refractivity contribution is 7.16. The number of esters is 1. The number of nitrogens with zero attached hydrogens (tertiary/aromatic N) is 2. The zero-order valence-electron chi connectivity index (χ0n) is 15.1. The molecule has 2 heterocycles. The third-order valence-electron chi connectivity index (χ3n) is 4.43. The van der Waals surface area contributed by atoms with Crippen LogP contribution in [0.15, 0.2) is 48.0 Å². The number of thiazole rings is 1. The van der Waals surface area contributed by atoms with Gasteiger partial charge in [0.1, 0.15) is 0 Å². The quantitative estimate of drug-likeness (QED) is 0.667. The lowest BCUT2D eigenvalue weighted by atomic mass is 10.2. The fourth-order valence-electron chi connectivity index (χ4n) is 2.97. The molecule has 2 aromatic carbocycles. The summed E-state index contributed by atoms with van der Waals surface area (Å²) in [4.78, 5) is 30.6. The molecular formula is C20H19N3O4S. The van der Waals surface area contributed by atoms with Gasteiger partial charge in [-0.05, 0) is 42.5 Å². The molecule has 1 aliphatic heterocycles. The van der Waals surface area contributed by atoms with Gasteiger partial charge in [0.25, 0.3) is 5.91 Å². The summed E-state index contributed by atoms with van der Waals surface area (Å²) < 4.78 is 11.4. The molecule has 28 heavy (non-hydrogen) atoms. The van der Waals surface area contributed by atoms with E-state index in [1.165, 1.54) is 11.3 Å². The lowest BCUT2D eigenvalue weighted by molar-refractivity contribution is -0.119. The van der Waals surface area contributed by atoms with Crippen molar-refractivity contribution in [1.29, 1.82) is 0 Å². The summed E-state index contributed by atoms with van der Waals surface area (Å²) in [7, 11) is 0. The van der Waals surface area contributed by atoms with Crippen molar-refractivity contribution in [3.05, 3.63) is 53.5 Å². The largest absolute Gasteiger partial charge is 0.452 e. The zero-order chi connectivity index (χ0) is 19.3. The van der Waals surface area contributed by atoms with E-state index in [2.05, 4.69) is 15.2 Å². The molecule has 4 rings (SSSR count). The van der Waals surface area contributed by atoms with Gasteiger partial charge in [-0.2, -0.15) is 0 Å². The smallest absolute Gasteiger partial charge is 0.338 e. The number of benzene rings is 2. The molecule has 7 nitrogen and oxygen atoms in total. The van der Waals surface area contributed by atoms with Crippen LogP contribution in [-0.4, -0.2) is 49.8 Å². The van der Waals surface area contributed by atoms with E-state index >= 15 is 0 Å². The maximum Gasteiger partial charge on any atom is 0.338 e. The zero-order valence-corrected chi connectivity index (χ0v) is 15.9. The van der Waals surface area contributed by atoms with E-state index < -0.39 is 5.97 Å². The Balaban J connectivity index is 1.29. The molecule has 0 atom stereocenters. The Kier molecular flexibility index (Phi) is 5.50. The maximum absolute atomic E-state index is 12.2. The minimum atomic E-state index is -0.534. The van der Waals surface area contributed by atoms with Gasteiger partial charge in [0.05, 0.1) is 34.5 Å². The highest BCUT2D eigenvalue weighted by Gasteiger charge is 2.13. The summed E-state index contributed by atoms with van der Waals surface area (Å²) in [6, 6.07) is 12.7. The molecule has 0 radical (unpaired) electrons. The summed E-state index contributed by atoms with van der Waals surface area (Å²) in [5, 5.41) is 2.74. The van der Waals surface area contributed by atoms with Crippen LogP contribution in [0, 0.1) is 0 Å². The number of hydrogen-bond donors (Lipinski definition) is 1. The summed E-state index contributed by atoms with van der Waals surface area (Å²) in [5.41, 5.74) is 4.70. The molecule has 1 amide bonds. The third-order valence-corrected chi connectivity index (χ3v) is 5.22. The van der Waals surface area contributed by atoms with Gasteiger partial charge in [-0.3, -0.25) is 4.79 Å². The van der Waals surface area contributed by atoms with Crippen LogP contribution >= 0.6 is 11.3 Å². The second kappa shape index (κ2) is 8.37. The van der Waals surface area contributed by atoms with Crippen LogP contribution in [0.1, 0.15) is 10.4 Å². The number of aromatic nitrogens is 1. The van der Waals surface area contributed by atoms with E-state index in [1.807, 2.05) is 24.3 Å². The highest BCUT2D eigenvalue weighted by Crippen LogP contribution is 2.20. The van der Waals surface area contributed by atoms with Gasteiger partial charge in [-0.15, -0.1) is 11.3 Å². The molecule has 1 N–H and O–H groups in total. The average molecular weight is 397 g/mol. The van der Waals surface area contributed by atoms with Crippen LogP contribution in [0.3, 0.4) is 0 Å². The summed E-state index contributed by atoms with van der Waals surface area (Å²) in [6.45, 7) is 2.81. The molecule has 8 heteroatoms. The average Bonchev–Trinajstić information content (AvgIpc) is 3.21. The molecular weight excluding hydrogens is 378 g/mol. The van der Waals surface area contributed by atoms with Crippen molar-refractivity contribution < 1.29 is 19.1 Å².